The number of rotatable bonds is 6. The van der Waals surface area contributed by atoms with Crippen molar-refractivity contribution >= 4 is 33.3 Å². The largest absolute Gasteiger partial charge is 0.483 e. The normalized spacial score (nSPS) is 11.0. The third-order valence-electron chi connectivity index (χ3n) is 4.46. The molecule has 4 rings (SSSR count). The summed E-state index contributed by atoms with van der Waals surface area (Å²) in [7, 11) is 0. The molecule has 0 aliphatic rings. The molecular formula is C23H21N3O2S. The van der Waals surface area contributed by atoms with Gasteiger partial charge in [-0.05, 0) is 41.8 Å². The average molecular weight is 404 g/mol. The van der Waals surface area contributed by atoms with Crippen LogP contribution in [0.15, 0.2) is 66.9 Å². The van der Waals surface area contributed by atoms with Crippen molar-refractivity contribution in [2.45, 2.75) is 19.8 Å². The molecule has 146 valence electrons. The minimum Gasteiger partial charge on any atom is -0.483 e. The molecule has 0 aliphatic heterocycles. The van der Waals surface area contributed by atoms with Gasteiger partial charge in [-0.15, -0.1) is 0 Å². The first-order valence-corrected chi connectivity index (χ1v) is 10.3. The van der Waals surface area contributed by atoms with Gasteiger partial charge < -0.3 is 10.1 Å². The van der Waals surface area contributed by atoms with Crippen LogP contribution in [0.25, 0.3) is 20.9 Å². The van der Waals surface area contributed by atoms with E-state index in [-0.39, 0.29) is 12.5 Å². The lowest BCUT2D eigenvalue weighted by Crippen LogP contribution is -2.20. The molecule has 1 amide bonds. The number of ether oxygens (including phenoxy) is 1. The van der Waals surface area contributed by atoms with Gasteiger partial charge >= 0.3 is 0 Å². The zero-order valence-electron chi connectivity index (χ0n) is 16.3. The predicted molar refractivity (Wildman–Crippen MR) is 118 cm³/mol. The smallest absolute Gasteiger partial charge is 0.262 e. The molecule has 2 aromatic heterocycles. The summed E-state index contributed by atoms with van der Waals surface area (Å²) >= 11 is 1.53. The van der Waals surface area contributed by atoms with Gasteiger partial charge in [0.1, 0.15) is 21.1 Å². The molecule has 29 heavy (non-hydrogen) atoms. The first-order valence-electron chi connectivity index (χ1n) is 9.44. The van der Waals surface area contributed by atoms with Crippen LogP contribution >= 0.6 is 11.3 Å². The molecule has 0 fully saturated rings. The van der Waals surface area contributed by atoms with Gasteiger partial charge in [0.05, 0.1) is 0 Å². The lowest BCUT2D eigenvalue weighted by atomic mass is 10.0. The molecule has 0 bridgehead atoms. The molecule has 0 aliphatic carbocycles. The number of pyridine rings is 1. The first kappa shape index (κ1) is 19.1. The van der Waals surface area contributed by atoms with Crippen LogP contribution in [0.1, 0.15) is 25.3 Å². The summed E-state index contributed by atoms with van der Waals surface area (Å²) in [6.45, 7) is 4.16. The van der Waals surface area contributed by atoms with Gasteiger partial charge in [0.2, 0.25) is 0 Å². The van der Waals surface area contributed by atoms with E-state index in [1.807, 2.05) is 60.7 Å². The lowest BCUT2D eigenvalue weighted by molar-refractivity contribution is -0.118. The zero-order valence-corrected chi connectivity index (χ0v) is 17.1. The second kappa shape index (κ2) is 8.41. The van der Waals surface area contributed by atoms with Crippen molar-refractivity contribution in [1.82, 2.24) is 9.97 Å². The minimum absolute atomic E-state index is 0.0426. The molecule has 0 saturated carbocycles. The maximum absolute atomic E-state index is 12.4. The van der Waals surface area contributed by atoms with Crippen LogP contribution in [-0.2, 0) is 4.79 Å². The maximum atomic E-state index is 12.4. The molecular weight excluding hydrogens is 382 g/mol. The highest BCUT2D eigenvalue weighted by molar-refractivity contribution is 7.21. The molecule has 5 nitrogen and oxygen atoms in total. The van der Waals surface area contributed by atoms with Crippen LogP contribution in [-0.4, -0.2) is 22.5 Å². The van der Waals surface area contributed by atoms with E-state index in [0.29, 0.717) is 11.6 Å². The second-order valence-corrected chi connectivity index (χ2v) is 7.93. The molecule has 0 atom stereocenters. The summed E-state index contributed by atoms with van der Waals surface area (Å²) in [5.74, 6) is 0.870. The summed E-state index contributed by atoms with van der Waals surface area (Å²) < 4.78 is 5.76. The highest BCUT2D eigenvalue weighted by Crippen LogP contribution is 2.30. The summed E-state index contributed by atoms with van der Waals surface area (Å²) in [4.78, 5) is 22.3. The number of amides is 1. The number of nitrogens with zero attached hydrogens (tertiary/aromatic N) is 2. The van der Waals surface area contributed by atoms with E-state index < -0.39 is 0 Å². The second-order valence-electron chi connectivity index (χ2n) is 6.96. The number of benzene rings is 2. The van der Waals surface area contributed by atoms with E-state index in [0.717, 1.165) is 32.2 Å². The van der Waals surface area contributed by atoms with E-state index in [4.69, 9.17) is 4.74 Å². The molecule has 0 radical (unpaired) electrons. The Morgan fingerprint density at radius 3 is 2.79 bits per heavy atom. The Kier molecular flexibility index (Phi) is 5.53. The fourth-order valence-electron chi connectivity index (χ4n) is 3.05. The van der Waals surface area contributed by atoms with Crippen LogP contribution in [0.4, 0.5) is 5.69 Å². The van der Waals surface area contributed by atoms with Crippen molar-refractivity contribution in [2.24, 2.45) is 0 Å². The standard InChI is InChI=1S/C23H21N3O2S/c1-15(2)18-9-3-4-11-20(18)28-14-21(27)25-17-8-5-7-16(13-17)22-26-19-10-6-12-24-23(19)29-22/h3-13,15H,14H2,1-2H3,(H,25,27). The Labute approximate surface area is 173 Å². The number of hydrogen-bond acceptors (Lipinski definition) is 5. The summed E-state index contributed by atoms with van der Waals surface area (Å²) in [5.41, 5.74) is 3.61. The molecule has 6 heteroatoms. The molecule has 4 aromatic rings. The summed E-state index contributed by atoms with van der Waals surface area (Å²) in [6, 6.07) is 19.3. The van der Waals surface area contributed by atoms with Crippen LogP contribution in [0.2, 0.25) is 0 Å². The number of anilines is 1. The van der Waals surface area contributed by atoms with E-state index in [9.17, 15) is 4.79 Å². The van der Waals surface area contributed by atoms with Crippen molar-refractivity contribution in [3.05, 3.63) is 72.4 Å². The van der Waals surface area contributed by atoms with Gasteiger partial charge in [-0.25, -0.2) is 9.97 Å². The van der Waals surface area contributed by atoms with E-state index in [1.54, 1.807) is 6.20 Å². The van der Waals surface area contributed by atoms with Crippen LogP contribution in [0.3, 0.4) is 0 Å². The fraction of sp³-hybridized carbons (Fsp3) is 0.174. The van der Waals surface area contributed by atoms with Gasteiger partial charge in [0.15, 0.2) is 6.61 Å². The number of carbonyl (C=O) groups excluding carboxylic acids is 1. The Bertz CT molecular complexity index is 1120. The first-order chi connectivity index (χ1) is 14.1. The van der Waals surface area contributed by atoms with Crippen LogP contribution < -0.4 is 10.1 Å². The van der Waals surface area contributed by atoms with Gasteiger partial charge in [0.25, 0.3) is 5.91 Å². The topological polar surface area (TPSA) is 64.1 Å². The number of fused-ring (bicyclic) bond motifs is 1. The number of thiazole rings is 1. The van der Waals surface area contributed by atoms with E-state index in [2.05, 4.69) is 29.1 Å². The third kappa shape index (κ3) is 4.43. The van der Waals surface area contributed by atoms with Crippen molar-refractivity contribution in [1.29, 1.82) is 0 Å². The van der Waals surface area contributed by atoms with Crippen molar-refractivity contribution < 1.29 is 9.53 Å². The van der Waals surface area contributed by atoms with Gasteiger partial charge in [0, 0.05) is 17.4 Å². The molecule has 2 aromatic carbocycles. The molecule has 0 saturated heterocycles. The predicted octanol–water partition coefficient (Wildman–Crippen LogP) is 5.50. The van der Waals surface area contributed by atoms with Crippen molar-refractivity contribution in [2.75, 3.05) is 11.9 Å². The van der Waals surface area contributed by atoms with Crippen molar-refractivity contribution in [3.8, 4) is 16.3 Å². The third-order valence-corrected chi connectivity index (χ3v) is 5.49. The lowest BCUT2D eigenvalue weighted by Gasteiger charge is -2.13. The van der Waals surface area contributed by atoms with Gasteiger partial charge in [-0.2, -0.15) is 0 Å². The highest BCUT2D eigenvalue weighted by Gasteiger charge is 2.11. The molecule has 1 N–H and O–H groups in total. The molecule has 0 spiro atoms. The zero-order chi connectivity index (χ0) is 20.2. The molecule has 0 unspecified atom stereocenters. The monoisotopic (exact) mass is 403 g/mol. The Morgan fingerprint density at radius 2 is 1.97 bits per heavy atom. The average Bonchev–Trinajstić information content (AvgIpc) is 3.17. The Hall–Kier alpha value is -3.25. The minimum atomic E-state index is -0.202. The maximum Gasteiger partial charge on any atom is 0.262 e. The number of carbonyl (C=O) groups is 1. The summed E-state index contributed by atoms with van der Waals surface area (Å²) in [5, 5.41) is 3.77. The van der Waals surface area contributed by atoms with Crippen molar-refractivity contribution in [3.63, 3.8) is 0 Å². The number of aromatic nitrogens is 2. The fourth-order valence-corrected chi connectivity index (χ4v) is 3.96. The van der Waals surface area contributed by atoms with E-state index in [1.165, 1.54) is 11.3 Å². The van der Waals surface area contributed by atoms with Gasteiger partial charge in [-0.1, -0.05) is 55.5 Å². The van der Waals surface area contributed by atoms with Crippen LogP contribution in [0.5, 0.6) is 5.75 Å². The van der Waals surface area contributed by atoms with E-state index >= 15 is 0 Å². The Morgan fingerprint density at radius 1 is 1.10 bits per heavy atom. The number of hydrogen-bond donors (Lipinski definition) is 1. The number of nitrogens with one attached hydrogen (secondary N) is 1. The molecule has 2 heterocycles. The Balaban J connectivity index is 1.45. The SMILES string of the molecule is CC(C)c1ccccc1OCC(=O)Nc1cccc(-c2nc3cccnc3s2)c1. The number of para-hydroxylation sites is 1. The highest BCUT2D eigenvalue weighted by atomic mass is 32.1. The summed E-state index contributed by atoms with van der Waals surface area (Å²) in [6.07, 6.45) is 1.76. The van der Waals surface area contributed by atoms with Crippen LogP contribution in [0, 0.1) is 0 Å². The quantitative estimate of drug-likeness (QED) is 0.462. The van der Waals surface area contributed by atoms with Gasteiger partial charge in [-0.3, -0.25) is 4.79 Å².